The first-order valence-corrected chi connectivity index (χ1v) is 12.6. The minimum Gasteiger partial charge on any atom is -0.386 e. The van der Waals surface area contributed by atoms with Gasteiger partial charge in [-0.2, -0.15) is 0 Å². The lowest BCUT2D eigenvalue weighted by atomic mass is 9.85. The molecule has 2 rings (SSSR count). The maximum Gasteiger partial charge on any atom is 0.142 e. The summed E-state index contributed by atoms with van der Waals surface area (Å²) in [6.07, 6.45) is 8.51. The summed E-state index contributed by atoms with van der Waals surface area (Å²) in [5, 5.41) is 25.5. The van der Waals surface area contributed by atoms with Crippen molar-refractivity contribution in [1.29, 1.82) is 0 Å². The summed E-state index contributed by atoms with van der Waals surface area (Å²) in [5.74, 6) is 1.46. The number of rotatable bonds is 13. The first kappa shape index (κ1) is 26.3. The van der Waals surface area contributed by atoms with Gasteiger partial charge in [-0.05, 0) is 63.6 Å². The van der Waals surface area contributed by atoms with Crippen molar-refractivity contribution in [3.05, 3.63) is 35.9 Å². The molecule has 0 aliphatic carbocycles. The van der Waals surface area contributed by atoms with E-state index >= 15 is 0 Å². The molecule has 0 aromatic heterocycles. The number of likely N-dealkylation sites (tertiary alicyclic amines) is 1. The monoisotopic (exact) mass is 432 g/mol. The summed E-state index contributed by atoms with van der Waals surface area (Å²) in [6.45, 7) is 13.4. The average Bonchev–Trinajstić information content (AvgIpc) is 2.69. The zero-order chi connectivity index (χ0) is 22.9. The molecule has 31 heavy (non-hydrogen) atoms. The maximum atomic E-state index is 11.1. The molecule has 1 aromatic carbocycles. The van der Waals surface area contributed by atoms with Crippen LogP contribution in [0.15, 0.2) is 30.3 Å². The van der Waals surface area contributed by atoms with Crippen LogP contribution in [0.1, 0.15) is 91.5 Å². The molecule has 1 aromatic rings. The summed E-state index contributed by atoms with van der Waals surface area (Å²) in [7, 11) is 0. The molecule has 1 saturated heterocycles. The highest BCUT2D eigenvalue weighted by atomic mass is 16.4. The Bertz CT molecular complexity index is 607. The lowest BCUT2D eigenvalue weighted by molar-refractivity contribution is -0.161. The van der Waals surface area contributed by atoms with E-state index < -0.39 is 11.3 Å². The standard InChI is InChI=1S/C27H48N2O2/c1-22(2)11-9-12-23(3)13-10-18-26(4,30)27(5,31)28-25-16-19-29(20-17-25)21-24-14-7-6-8-15-24/h6-8,14-15,22-23,25,28,30-31H,9-13,16-21H2,1-5H3. The first-order chi connectivity index (χ1) is 14.6. The van der Waals surface area contributed by atoms with Gasteiger partial charge in [-0.15, -0.1) is 0 Å². The maximum absolute atomic E-state index is 11.1. The zero-order valence-corrected chi connectivity index (χ0v) is 20.7. The fraction of sp³-hybridized carbons (Fsp3) is 0.778. The van der Waals surface area contributed by atoms with E-state index in [2.05, 4.69) is 61.3 Å². The van der Waals surface area contributed by atoms with Crippen molar-refractivity contribution in [2.75, 3.05) is 13.1 Å². The molecule has 0 spiro atoms. The van der Waals surface area contributed by atoms with E-state index in [4.69, 9.17) is 0 Å². The van der Waals surface area contributed by atoms with E-state index in [1.165, 1.54) is 24.8 Å². The highest BCUT2D eigenvalue weighted by Gasteiger charge is 2.42. The van der Waals surface area contributed by atoms with Gasteiger partial charge in [-0.1, -0.05) is 83.2 Å². The second-order valence-electron chi connectivity index (χ2n) is 10.8. The lowest BCUT2D eigenvalue weighted by Gasteiger charge is -2.43. The largest absolute Gasteiger partial charge is 0.386 e. The van der Waals surface area contributed by atoms with Crippen LogP contribution in [0.25, 0.3) is 0 Å². The third-order valence-corrected chi connectivity index (χ3v) is 7.21. The van der Waals surface area contributed by atoms with Crippen LogP contribution in [0.2, 0.25) is 0 Å². The highest BCUT2D eigenvalue weighted by molar-refractivity contribution is 5.14. The summed E-state index contributed by atoms with van der Waals surface area (Å²) < 4.78 is 0. The summed E-state index contributed by atoms with van der Waals surface area (Å²) in [5.41, 5.74) is -1.06. The molecule has 3 N–H and O–H groups in total. The van der Waals surface area contributed by atoms with Crippen molar-refractivity contribution in [3.63, 3.8) is 0 Å². The Labute approximate surface area is 191 Å². The van der Waals surface area contributed by atoms with E-state index in [-0.39, 0.29) is 6.04 Å². The Balaban J connectivity index is 1.71. The number of aliphatic hydroxyl groups is 2. The van der Waals surface area contributed by atoms with Gasteiger partial charge in [0.25, 0.3) is 0 Å². The smallest absolute Gasteiger partial charge is 0.142 e. The normalized spacial score (nSPS) is 21.0. The summed E-state index contributed by atoms with van der Waals surface area (Å²) in [4.78, 5) is 2.47. The molecule has 0 saturated carbocycles. The molecule has 3 atom stereocenters. The Kier molecular flexibility index (Phi) is 10.5. The topological polar surface area (TPSA) is 55.7 Å². The van der Waals surface area contributed by atoms with E-state index in [0.717, 1.165) is 51.2 Å². The van der Waals surface area contributed by atoms with E-state index in [9.17, 15) is 10.2 Å². The third-order valence-electron chi connectivity index (χ3n) is 7.21. The molecule has 4 nitrogen and oxygen atoms in total. The van der Waals surface area contributed by atoms with Crippen LogP contribution >= 0.6 is 0 Å². The molecule has 0 amide bonds. The highest BCUT2D eigenvalue weighted by Crippen LogP contribution is 2.29. The van der Waals surface area contributed by atoms with Crippen LogP contribution in [0, 0.1) is 11.8 Å². The Hall–Kier alpha value is -0.940. The minimum atomic E-state index is -1.28. The Morgan fingerprint density at radius 3 is 2.19 bits per heavy atom. The number of nitrogens with zero attached hydrogens (tertiary/aromatic N) is 1. The van der Waals surface area contributed by atoms with Gasteiger partial charge in [0.15, 0.2) is 0 Å². The van der Waals surface area contributed by atoms with Crippen LogP contribution in [-0.2, 0) is 6.54 Å². The predicted octanol–water partition coefficient (Wildman–Crippen LogP) is 5.33. The molecule has 1 heterocycles. The van der Waals surface area contributed by atoms with Crippen LogP contribution < -0.4 is 5.32 Å². The molecular weight excluding hydrogens is 384 g/mol. The SMILES string of the molecule is CC(C)CCCC(C)CCCC(C)(O)C(C)(O)NC1CCN(Cc2ccccc2)CC1. The molecule has 1 aliphatic rings. The summed E-state index contributed by atoms with van der Waals surface area (Å²) >= 11 is 0. The van der Waals surface area contributed by atoms with Crippen molar-refractivity contribution in [1.82, 2.24) is 10.2 Å². The van der Waals surface area contributed by atoms with E-state index in [1.54, 1.807) is 13.8 Å². The van der Waals surface area contributed by atoms with Crippen molar-refractivity contribution in [3.8, 4) is 0 Å². The molecule has 0 radical (unpaired) electrons. The molecule has 4 heteroatoms. The third kappa shape index (κ3) is 9.21. The molecular formula is C27H48N2O2. The van der Waals surface area contributed by atoms with Crippen LogP contribution in [0.4, 0.5) is 0 Å². The van der Waals surface area contributed by atoms with Gasteiger partial charge in [0.2, 0.25) is 0 Å². The molecule has 1 fully saturated rings. The molecule has 3 unspecified atom stereocenters. The first-order valence-electron chi connectivity index (χ1n) is 12.6. The Morgan fingerprint density at radius 1 is 0.968 bits per heavy atom. The van der Waals surface area contributed by atoms with Gasteiger partial charge in [0, 0.05) is 12.6 Å². The predicted molar refractivity (Wildman–Crippen MR) is 131 cm³/mol. The molecule has 1 aliphatic heterocycles. The van der Waals surface area contributed by atoms with Gasteiger partial charge in [0.05, 0.1) is 0 Å². The second-order valence-corrected chi connectivity index (χ2v) is 10.8. The zero-order valence-electron chi connectivity index (χ0n) is 20.7. The van der Waals surface area contributed by atoms with E-state index in [1.807, 2.05) is 0 Å². The minimum absolute atomic E-state index is 0.239. The van der Waals surface area contributed by atoms with Gasteiger partial charge in [0.1, 0.15) is 11.3 Å². The lowest BCUT2D eigenvalue weighted by Crippen LogP contribution is -2.63. The van der Waals surface area contributed by atoms with Crippen molar-refractivity contribution in [2.45, 2.75) is 110 Å². The van der Waals surface area contributed by atoms with Crippen molar-refractivity contribution in [2.24, 2.45) is 11.8 Å². The molecule has 0 bridgehead atoms. The van der Waals surface area contributed by atoms with Crippen LogP contribution in [-0.4, -0.2) is 45.6 Å². The number of benzene rings is 1. The average molecular weight is 433 g/mol. The van der Waals surface area contributed by atoms with Gasteiger partial charge in [-0.3, -0.25) is 10.2 Å². The fourth-order valence-electron chi connectivity index (χ4n) is 4.69. The van der Waals surface area contributed by atoms with E-state index in [0.29, 0.717) is 12.3 Å². The quantitative estimate of drug-likeness (QED) is 0.369. The Morgan fingerprint density at radius 2 is 1.58 bits per heavy atom. The second kappa shape index (κ2) is 12.3. The number of hydrogen-bond donors (Lipinski definition) is 3. The van der Waals surface area contributed by atoms with Gasteiger partial charge in [-0.25, -0.2) is 0 Å². The fourth-order valence-corrected chi connectivity index (χ4v) is 4.69. The molecule has 178 valence electrons. The number of piperidine rings is 1. The van der Waals surface area contributed by atoms with Crippen molar-refractivity contribution < 1.29 is 10.2 Å². The number of nitrogens with one attached hydrogen (secondary N) is 1. The van der Waals surface area contributed by atoms with Gasteiger partial charge >= 0.3 is 0 Å². The van der Waals surface area contributed by atoms with Crippen LogP contribution in [0.5, 0.6) is 0 Å². The van der Waals surface area contributed by atoms with Crippen LogP contribution in [0.3, 0.4) is 0 Å². The summed E-state index contributed by atoms with van der Waals surface area (Å²) in [6, 6.07) is 10.8. The van der Waals surface area contributed by atoms with Crippen molar-refractivity contribution >= 4 is 0 Å². The van der Waals surface area contributed by atoms with Gasteiger partial charge < -0.3 is 10.2 Å². The number of hydrogen-bond acceptors (Lipinski definition) is 4.